The largest absolute Gasteiger partial charge is 0.497 e. The van der Waals surface area contributed by atoms with Crippen LogP contribution in [0.2, 0.25) is 10.0 Å². The molecule has 0 aliphatic carbocycles. The van der Waals surface area contributed by atoms with E-state index in [9.17, 15) is 9.59 Å². The number of halogens is 2. The number of nitrogens with zero attached hydrogens (tertiary/aromatic N) is 2. The zero-order valence-electron chi connectivity index (χ0n) is 18.9. The van der Waals surface area contributed by atoms with Crippen molar-refractivity contribution < 1.29 is 14.3 Å². The van der Waals surface area contributed by atoms with E-state index in [1.807, 2.05) is 24.3 Å². The molecule has 0 aromatic heterocycles. The van der Waals surface area contributed by atoms with Crippen LogP contribution in [0.15, 0.2) is 77.8 Å². The minimum absolute atomic E-state index is 0.0757. The highest BCUT2D eigenvalue weighted by atomic mass is 35.5. The molecule has 180 valence electrons. The van der Waals surface area contributed by atoms with Crippen molar-refractivity contribution in [2.24, 2.45) is 4.99 Å². The molecule has 35 heavy (non-hydrogen) atoms. The van der Waals surface area contributed by atoms with Gasteiger partial charge in [0.1, 0.15) is 11.0 Å². The van der Waals surface area contributed by atoms with Crippen LogP contribution in [-0.4, -0.2) is 40.8 Å². The molecular formula is C26H23Cl2N3O3S. The molecule has 1 N–H and O–H groups in total. The molecule has 1 atom stereocenters. The Balaban J connectivity index is 1.53. The summed E-state index contributed by atoms with van der Waals surface area (Å²) in [6.07, 6.45) is 0.712. The summed E-state index contributed by atoms with van der Waals surface area (Å²) >= 11 is 13.2. The van der Waals surface area contributed by atoms with Crippen LogP contribution in [0.3, 0.4) is 0 Å². The smallest absolute Gasteiger partial charge is 0.238 e. The molecule has 1 heterocycles. The van der Waals surface area contributed by atoms with Crippen LogP contribution in [-0.2, 0) is 16.0 Å². The third-order valence-electron chi connectivity index (χ3n) is 5.38. The summed E-state index contributed by atoms with van der Waals surface area (Å²) in [5, 5.41) is 3.91. The normalized spacial score (nSPS) is 16.9. The van der Waals surface area contributed by atoms with Crippen molar-refractivity contribution in [3.05, 3.63) is 88.4 Å². The molecule has 1 saturated heterocycles. The summed E-state index contributed by atoms with van der Waals surface area (Å²) in [4.78, 5) is 32.5. The van der Waals surface area contributed by atoms with E-state index in [-0.39, 0.29) is 18.2 Å². The molecule has 0 bridgehead atoms. The van der Waals surface area contributed by atoms with Crippen LogP contribution in [0.1, 0.15) is 12.0 Å². The van der Waals surface area contributed by atoms with Gasteiger partial charge in [0.2, 0.25) is 11.8 Å². The van der Waals surface area contributed by atoms with Gasteiger partial charge in [-0.25, -0.2) is 4.99 Å². The highest BCUT2D eigenvalue weighted by Gasteiger charge is 2.35. The third-order valence-corrected chi connectivity index (χ3v) is 7.07. The summed E-state index contributed by atoms with van der Waals surface area (Å²) in [5.41, 5.74) is 2.33. The molecule has 9 heteroatoms. The number of ether oxygens (including phenoxy) is 1. The van der Waals surface area contributed by atoms with Gasteiger partial charge in [-0.2, -0.15) is 0 Å². The average Bonchev–Trinajstić information content (AvgIpc) is 2.86. The first-order valence-corrected chi connectivity index (χ1v) is 12.6. The summed E-state index contributed by atoms with van der Waals surface area (Å²) in [5.74, 6) is 0.364. The zero-order chi connectivity index (χ0) is 24.8. The molecule has 1 fully saturated rings. The van der Waals surface area contributed by atoms with Gasteiger partial charge in [-0.3, -0.25) is 14.5 Å². The molecule has 1 unspecified atom stereocenters. The van der Waals surface area contributed by atoms with E-state index < -0.39 is 5.25 Å². The number of methoxy groups -OCH3 is 1. The second kappa shape index (κ2) is 11.6. The van der Waals surface area contributed by atoms with Crippen LogP contribution >= 0.6 is 35.0 Å². The van der Waals surface area contributed by atoms with Gasteiger partial charge in [0.25, 0.3) is 0 Å². The Labute approximate surface area is 218 Å². The van der Waals surface area contributed by atoms with Gasteiger partial charge in [0.15, 0.2) is 5.17 Å². The summed E-state index contributed by atoms with van der Waals surface area (Å²) in [7, 11) is 1.62. The Bertz CT molecular complexity index is 1220. The number of aliphatic imine (C=N–C) groups is 1. The second-order valence-corrected chi connectivity index (χ2v) is 9.86. The second-order valence-electron chi connectivity index (χ2n) is 7.82. The Morgan fingerprint density at radius 1 is 1.03 bits per heavy atom. The van der Waals surface area contributed by atoms with Gasteiger partial charge >= 0.3 is 0 Å². The molecule has 3 aromatic carbocycles. The van der Waals surface area contributed by atoms with Crippen molar-refractivity contribution in [3.8, 4) is 5.75 Å². The number of hydrogen-bond donors (Lipinski definition) is 1. The molecule has 3 aromatic rings. The van der Waals surface area contributed by atoms with E-state index in [1.165, 1.54) is 11.8 Å². The lowest BCUT2D eigenvalue weighted by atomic mass is 10.1. The number of thioether (sulfide) groups is 1. The van der Waals surface area contributed by atoms with Crippen LogP contribution in [0.4, 0.5) is 11.4 Å². The molecule has 0 radical (unpaired) electrons. The standard InChI is InChI=1S/C26H23Cl2N3O3S/c1-34-22-12-2-17(3-13-22)14-15-31-24(32)16-23(25(33)29-20-8-4-18(27)5-9-20)35-26(31)30-21-10-6-19(28)7-11-21/h2-13,23H,14-16H2,1H3,(H,29,33). The van der Waals surface area contributed by atoms with Crippen molar-refractivity contribution in [3.63, 3.8) is 0 Å². The van der Waals surface area contributed by atoms with E-state index in [4.69, 9.17) is 32.9 Å². The van der Waals surface area contributed by atoms with Crippen molar-refractivity contribution in [2.45, 2.75) is 18.1 Å². The first kappa shape index (κ1) is 25.1. The van der Waals surface area contributed by atoms with Crippen LogP contribution in [0.5, 0.6) is 5.75 Å². The van der Waals surface area contributed by atoms with Crippen molar-refractivity contribution in [2.75, 3.05) is 19.0 Å². The molecule has 1 aliphatic heterocycles. The topological polar surface area (TPSA) is 71.0 Å². The molecular weight excluding hydrogens is 505 g/mol. The summed E-state index contributed by atoms with van der Waals surface area (Å²) < 4.78 is 5.21. The predicted octanol–water partition coefficient (Wildman–Crippen LogP) is 6.21. The van der Waals surface area contributed by atoms with E-state index >= 15 is 0 Å². The highest BCUT2D eigenvalue weighted by Crippen LogP contribution is 2.30. The molecule has 0 spiro atoms. The number of carbonyl (C=O) groups is 2. The quantitative estimate of drug-likeness (QED) is 0.396. The van der Waals surface area contributed by atoms with E-state index in [0.29, 0.717) is 39.6 Å². The van der Waals surface area contributed by atoms with Crippen LogP contribution < -0.4 is 10.1 Å². The van der Waals surface area contributed by atoms with E-state index in [1.54, 1.807) is 60.5 Å². The highest BCUT2D eigenvalue weighted by molar-refractivity contribution is 8.15. The number of amidine groups is 1. The van der Waals surface area contributed by atoms with Gasteiger partial charge in [-0.1, -0.05) is 47.1 Å². The number of carbonyl (C=O) groups excluding carboxylic acids is 2. The zero-order valence-corrected chi connectivity index (χ0v) is 21.2. The van der Waals surface area contributed by atoms with E-state index in [0.717, 1.165) is 11.3 Å². The summed E-state index contributed by atoms with van der Waals surface area (Å²) in [6, 6.07) is 21.6. The summed E-state index contributed by atoms with van der Waals surface area (Å²) in [6.45, 7) is 0.441. The maximum Gasteiger partial charge on any atom is 0.238 e. The van der Waals surface area contributed by atoms with Gasteiger partial charge in [-0.15, -0.1) is 0 Å². The number of benzene rings is 3. The monoisotopic (exact) mass is 527 g/mol. The van der Waals surface area contributed by atoms with Crippen molar-refractivity contribution >= 4 is 63.3 Å². The lowest BCUT2D eigenvalue weighted by Gasteiger charge is -2.32. The SMILES string of the molecule is COc1ccc(CCN2C(=O)CC(C(=O)Nc3ccc(Cl)cc3)SC2=Nc2ccc(Cl)cc2)cc1. The Hall–Kier alpha value is -3.00. The Morgan fingerprint density at radius 2 is 1.66 bits per heavy atom. The van der Waals surface area contributed by atoms with Gasteiger partial charge < -0.3 is 10.1 Å². The molecule has 1 aliphatic rings. The molecule has 6 nitrogen and oxygen atoms in total. The van der Waals surface area contributed by atoms with Crippen LogP contribution in [0.25, 0.3) is 0 Å². The number of amides is 2. The molecule has 4 rings (SSSR count). The first-order chi connectivity index (χ1) is 16.9. The number of nitrogens with one attached hydrogen (secondary N) is 1. The number of rotatable bonds is 7. The number of hydrogen-bond acceptors (Lipinski definition) is 5. The van der Waals surface area contributed by atoms with Crippen LogP contribution in [0, 0.1) is 0 Å². The Morgan fingerprint density at radius 3 is 2.29 bits per heavy atom. The van der Waals surface area contributed by atoms with Crippen molar-refractivity contribution in [1.82, 2.24) is 4.90 Å². The fourth-order valence-electron chi connectivity index (χ4n) is 3.48. The third kappa shape index (κ3) is 6.78. The van der Waals surface area contributed by atoms with Gasteiger partial charge in [-0.05, 0) is 72.6 Å². The minimum Gasteiger partial charge on any atom is -0.497 e. The lowest BCUT2D eigenvalue weighted by molar-refractivity contribution is -0.129. The van der Waals surface area contributed by atoms with Crippen molar-refractivity contribution in [1.29, 1.82) is 0 Å². The lowest BCUT2D eigenvalue weighted by Crippen LogP contribution is -2.46. The number of anilines is 1. The molecule has 2 amide bonds. The minimum atomic E-state index is -0.610. The Kier molecular flexibility index (Phi) is 8.33. The van der Waals surface area contributed by atoms with Gasteiger partial charge in [0, 0.05) is 28.7 Å². The predicted molar refractivity (Wildman–Crippen MR) is 143 cm³/mol. The molecule has 0 saturated carbocycles. The maximum absolute atomic E-state index is 13.2. The average molecular weight is 528 g/mol. The van der Waals surface area contributed by atoms with Gasteiger partial charge in [0.05, 0.1) is 12.8 Å². The first-order valence-electron chi connectivity index (χ1n) is 10.9. The maximum atomic E-state index is 13.2. The fraction of sp³-hybridized carbons (Fsp3) is 0.192. The fourth-order valence-corrected chi connectivity index (χ4v) is 4.85. The van der Waals surface area contributed by atoms with E-state index in [2.05, 4.69) is 5.32 Å².